The number of rotatable bonds is 0. The minimum absolute atomic E-state index is 0.167. The van der Waals surface area contributed by atoms with Gasteiger partial charge in [0.1, 0.15) is 0 Å². The maximum absolute atomic E-state index is 6.62. The van der Waals surface area contributed by atoms with Crippen molar-refractivity contribution in [3.05, 3.63) is 0 Å². The van der Waals surface area contributed by atoms with Crippen LogP contribution in [0.4, 0.5) is 0 Å². The average Bonchev–Trinajstić information content (AvgIpc) is 2.90. The second kappa shape index (κ2) is 5.97. The van der Waals surface area contributed by atoms with Crippen LogP contribution in [0.2, 0.25) is 0 Å². The van der Waals surface area contributed by atoms with Gasteiger partial charge in [0.2, 0.25) is 0 Å². The average molecular weight is 375 g/mol. The van der Waals surface area contributed by atoms with E-state index in [4.69, 9.17) is 9.47 Å². The zero-order chi connectivity index (χ0) is 19.1. The van der Waals surface area contributed by atoms with Gasteiger partial charge < -0.3 is 9.47 Å². The predicted molar refractivity (Wildman–Crippen MR) is 109 cm³/mol. The smallest absolute Gasteiger partial charge is 0.173 e. The second-order valence-corrected chi connectivity index (χ2v) is 12.5. The molecular weight excluding hydrogens is 332 g/mol. The molecule has 154 valence electrons. The van der Waals surface area contributed by atoms with Gasteiger partial charge in [0, 0.05) is 17.3 Å². The Bertz CT molecular complexity index is 587. The van der Waals surface area contributed by atoms with Crippen LogP contribution >= 0.6 is 0 Å². The third kappa shape index (κ3) is 2.57. The first-order valence-corrected chi connectivity index (χ1v) is 12.0. The second-order valence-electron chi connectivity index (χ2n) is 12.5. The van der Waals surface area contributed by atoms with Gasteiger partial charge in [-0.25, -0.2) is 0 Å². The summed E-state index contributed by atoms with van der Waals surface area (Å²) in [6.45, 7) is 14.0. The zero-order valence-corrected chi connectivity index (χ0v) is 18.5. The molecule has 4 aliphatic carbocycles. The van der Waals surface area contributed by atoms with E-state index in [-0.39, 0.29) is 16.6 Å². The summed E-state index contributed by atoms with van der Waals surface area (Å²) in [7, 11) is 0. The van der Waals surface area contributed by atoms with Crippen LogP contribution in [-0.4, -0.2) is 19.0 Å². The Balaban J connectivity index is 1.42. The summed E-state index contributed by atoms with van der Waals surface area (Å²) in [5.74, 6) is 4.32. The Kier molecular flexibility index (Phi) is 4.18. The van der Waals surface area contributed by atoms with Gasteiger partial charge in [0.25, 0.3) is 0 Å². The van der Waals surface area contributed by atoms with E-state index in [9.17, 15) is 0 Å². The van der Waals surface area contributed by atoms with Crippen molar-refractivity contribution in [1.29, 1.82) is 0 Å². The van der Waals surface area contributed by atoms with Gasteiger partial charge in [-0.3, -0.25) is 0 Å². The highest BCUT2D eigenvalue weighted by Crippen LogP contribution is 2.69. The van der Waals surface area contributed by atoms with Crippen LogP contribution < -0.4 is 0 Å². The first-order chi connectivity index (χ1) is 12.7. The van der Waals surface area contributed by atoms with Crippen LogP contribution in [0.25, 0.3) is 0 Å². The van der Waals surface area contributed by atoms with Crippen LogP contribution in [0, 0.1) is 45.8 Å². The lowest BCUT2D eigenvalue weighted by molar-refractivity contribution is -0.348. The van der Waals surface area contributed by atoms with E-state index >= 15 is 0 Å². The molecule has 27 heavy (non-hydrogen) atoms. The first-order valence-electron chi connectivity index (χ1n) is 12.0. The summed E-state index contributed by atoms with van der Waals surface area (Å²) >= 11 is 0. The van der Waals surface area contributed by atoms with E-state index in [1.54, 1.807) is 0 Å². The van der Waals surface area contributed by atoms with E-state index in [1.807, 2.05) is 0 Å². The van der Waals surface area contributed by atoms with Gasteiger partial charge in [0.05, 0.1) is 13.2 Å². The third-order valence-electron chi connectivity index (χ3n) is 10.3. The molecule has 0 aromatic rings. The molecule has 1 saturated heterocycles. The largest absolute Gasteiger partial charge is 0.349 e. The monoisotopic (exact) mass is 374 g/mol. The van der Waals surface area contributed by atoms with Crippen molar-refractivity contribution in [3.8, 4) is 0 Å². The quantitative estimate of drug-likeness (QED) is 0.486. The van der Waals surface area contributed by atoms with Gasteiger partial charge in [0.15, 0.2) is 5.79 Å². The Hall–Kier alpha value is -0.0800. The fourth-order valence-electron chi connectivity index (χ4n) is 8.80. The summed E-state index contributed by atoms with van der Waals surface area (Å²) in [4.78, 5) is 0. The molecule has 7 atom stereocenters. The molecular formula is C25H42O2. The van der Waals surface area contributed by atoms with Crippen molar-refractivity contribution in [2.24, 2.45) is 45.8 Å². The summed E-state index contributed by atoms with van der Waals surface area (Å²) in [6.07, 6.45) is 12.6. The molecule has 0 radical (unpaired) electrons. The minimum atomic E-state index is -0.282. The summed E-state index contributed by atoms with van der Waals surface area (Å²) < 4.78 is 13.2. The van der Waals surface area contributed by atoms with E-state index in [2.05, 4.69) is 34.6 Å². The Morgan fingerprint density at radius 1 is 0.741 bits per heavy atom. The molecule has 2 nitrogen and oxygen atoms in total. The highest BCUT2D eigenvalue weighted by Gasteiger charge is 2.67. The summed E-state index contributed by atoms with van der Waals surface area (Å²) in [5.41, 5.74) is 1.00. The molecule has 0 bridgehead atoms. The highest BCUT2D eigenvalue weighted by atomic mass is 16.7. The first kappa shape index (κ1) is 18.9. The van der Waals surface area contributed by atoms with Crippen LogP contribution in [-0.2, 0) is 9.47 Å². The molecule has 0 N–H and O–H groups in total. The van der Waals surface area contributed by atoms with Crippen LogP contribution in [0.1, 0.15) is 92.4 Å². The third-order valence-corrected chi connectivity index (χ3v) is 10.3. The lowest BCUT2D eigenvalue weighted by atomic mass is 9.44. The normalized spacial score (nSPS) is 53.4. The van der Waals surface area contributed by atoms with Crippen molar-refractivity contribution >= 4 is 0 Å². The Morgan fingerprint density at radius 3 is 2.15 bits per heavy atom. The van der Waals surface area contributed by atoms with Crippen LogP contribution in [0.5, 0.6) is 0 Å². The fourth-order valence-corrected chi connectivity index (χ4v) is 8.80. The topological polar surface area (TPSA) is 18.5 Å². The molecule has 0 amide bonds. The molecule has 0 aromatic heterocycles. The van der Waals surface area contributed by atoms with Crippen molar-refractivity contribution in [3.63, 3.8) is 0 Å². The summed E-state index contributed by atoms with van der Waals surface area (Å²) in [5, 5.41) is 0. The molecule has 1 spiro atoms. The minimum Gasteiger partial charge on any atom is -0.349 e. The molecule has 0 aromatic carbocycles. The molecule has 5 rings (SSSR count). The maximum Gasteiger partial charge on any atom is 0.173 e. The maximum atomic E-state index is 6.62. The van der Waals surface area contributed by atoms with Gasteiger partial charge in [-0.05, 0) is 80.0 Å². The molecule has 7 unspecified atom stereocenters. The van der Waals surface area contributed by atoms with Crippen molar-refractivity contribution in [2.45, 2.75) is 98.2 Å². The molecule has 5 aliphatic rings. The Morgan fingerprint density at radius 2 is 1.41 bits per heavy atom. The van der Waals surface area contributed by atoms with E-state index < -0.39 is 0 Å². The fraction of sp³-hybridized carbons (Fsp3) is 1.00. The van der Waals surface area contributed by atoms with Crippen LogP contribution in [0.15, 0.2) is 0 Å². The van der Waals surface area contributed by atoms with Crippen molar-refractivity contribution < 1.29 is 9.47 Å². The lowest BCUT2D eigenvalue weighted by Crippen LogP contribution is -2.60. The van der Waals surface area contributed by atoms with E-state index in [1.165, 1.54) is 51.4 Å². The molecule has 1 aliphatic heterocycles. The lowest BCUT2D eigenvalue weighted by Gasteiger charge is -2.62. The van der Waals surface area contributed by atoms with Gasteiger partial charge in [-0.15, -0.1) is 0 Å². The molecule has 1 heterocycles. The van der Waals surface area contributed by atoms with Gasteiger partial charge in [-0.2, -0.15) is 0 Å². The van der Waals surface area contributed by atoms with Crippen molar-refractivity contribution in [1.82, 2.24) is 0 Å². The number of hydrogen-bond donors (Lipinski definition) is 0. The van der Waals surface area contributed by atoms with Crippen LogP contribution in [0.3, 0.4) is 0 Å². The number of fused-ring (bicyclic) bond motifs is 6. The summed E-state index contributed by atoms with van der Waals surface area (Å²) in [6, 6.07) is 0. The number of ether oxygens (including phenoxy) is 2. The zero-order valence-electron chi connectivity index (χ0n) is 18.5. The predicted octanol–water partition coefficient (Wildman–Crippen LogP) is 6.43. The van der Waals surface area contributed by atoms with Gasteiger partial charge in [-0.1, -0.05) is 41.0 Å². The molecule has 2 heteroatoms. The SMILES string of the molecule is CC1CCC2CCC3C(CCC4(C)C3CCC43OCC(C)(C)CO3)C2(C)C1. The molecule has 5 fully saturated rings. The molecule has 4 saturated carbocycles. The Labute approximate surface area is 167 Å². The van der Waals surface area contributed by atoms with E-state index in [0.29, 0.717) is 5.41 Å². The van der Waals surface area contributed by atoms with Crippen molar-refractivity contribution in [2.75, 3.05) is 13.2 Å². The van der Waals surface area contributed by atoms with E-state index in [0.717, 1.165) is 49.2 Å². The number of hydrogen-bond acceptors (Lipinski definition) is 2. The van der Waals surface area contributed by atoms with Gasteiger partial charge >= 0.3 is 0 Å². The standard InChI is InChI=1S/C25H42O2/c1-17-6-7-18-8-9-19-20(23(18,4)14-17)10-12-24(5)21(19)11-13-25(24)26-15-22(2,3)16-27-25/h17-21H,6-16H2,1-5H3. The highest BCUT2D eigenvalue weighted by molar-refractivity contribution is 5.12.